The molecule has 174 valence electrons. The van der Waals surface area contributed by atoms with E-state index >= 15 is 0 Å². The molecule has 0 unspecified atom stereocenters. The first-order valence-electron chi connectivity index (χ1n) is 11.0. The van der Waals surface area contributed by atoms with Crippen LogP contribution in [0.5, 0.6) is 11.5 Å². The number of pyridine rings is 1. The number of amides is 3. The van der Waals surface area contributed by atoms with Crippen molar-refractivity contribution in [2.24, 2.45) is 5.41 Å². The highest BCUT2D eigenvalue weighted by Gasteiger charge is 2.48. The van der Waals surface area contributed by atoms with Crippen molar-refractivity contribution in [3.8, 4) is 34.6 Å². The van der Waals surface area contributed by atoms with Gasteiger partial charge in [-0.3, -0.25) is 24.7 Å². The van der Waals surface area contributed by atoms with Gasteiger partial charge in [0, 0.05) is 36.0 Å². The first kappa shape index (κ1) is 22.2. The Morgan fingerprint density at radius 1 is 1.11 bits per heavy atom. The maximum absolute atomic E-state index is 13.0. The number of carbonyl (C=O) groups excluding carboxylic acids is 3. The molecule has 3 amide bonds. The maximum Gasteiger partial charge on any atom is 0.254 e. The number of nitrogens with one attached hydrogen (secondary N) is 1. The number of hydrogen-bond acceptors (Lipinski definition) is 6. The van der Waals surface area contributed by atoms with Crippen LogP contribution in [0.15, 0.2) is 60.8 Å². The van der Waals surface area contributed by atoms with Gasteiger partial charge in [0.15, 0.2) is 0 Å². The number of phenolic OH excluding ortho intramolecular Hbond substituents is 1. The van der Waals surface area contributed by atoms with Gasteiger partial charge in [0.05, 0.1) is 19.2 Å². The van der Waals surface area contributed by atoms with E-state index in [2.05, 4.69) is 22.1 Å². The molecule has 2 aromatic carbocycles. The third-order valence-corrected chi connectivity index (χ3v) is 6.20. The fourth-order valence-corrected chi connectivity index (χ4v) is 4.34. The number of methoxy groups -OCH3 is 1. The first-order valence-corrected chi connectivity index (χ1v) is 11.0. The van der Waals surface area contributed by atoms with Gasteiger partial charge >= 0.3 is 0 Å². The van der Waals surface area contributed by atoms with Crippen molar-refractivity contribution in [1.82, 2.24) is 15.2 Å². The molecule has 0 aliphatic carbocycles. The van der Waals surface area contributed by atoms with Crippen molar-refractivity contribution >= 4 is 17.7 Å². The van der Waals surface area contributed by atoms with Crippen LogP contribution in [0, 0.1) is 17.3 Å². The van der Waals surface area contributed by atoms with Gasteiger partial charge in [0.2, 0.25) is 11.8 Å². The van der Waals surface area contributed by atoms with Crippen molar-refractivity contribution in [3.05, 3.63) is 77.5 Å². The molecule has 1 aromatic heterocycles. The molecule has 35 heavy (non-hydrogen) atoms. The van der Waals surface area contributed by atoms with Crippen LogP contribution in [-0.4, -0.2) is 46.4 Å². The summed E-state index contributed by atoms with van der Waals surface area (Å²) in [6, 6.07) is 15.6. The highest BCUT2D eigenvalue weighted by atomic mass is 16.5. The van der Waals surface area contributed by atoms with Crippen LogP contribution in [0.3, 0.4) is 0 Å². The number of fused-ring (bicyclic) bond motifs is 1. The van der Waals surface area contributed by atoms with Crippen LogP contribution in [0.1, 0.15) is 27.9 Å². The smallest absolute Gasteiger partial charge is 0.254 e. The van der Waals surface area contributed by atoms with Crippen molar-refractivity contribution in [2.75, 3.05) is 13.7 Å². The number of benzene rings is 2. The monoisotopic (exact) mass is 467 g/mol. The first-order chi connectivity index (χ1) is 16.9. The summed E-state index contributed by atoms with van der Waals surface area (Å²) < 4.78 is 5.22. The molecule has 1 atom stereocenters. The van der Waals surface area contributed by atoms with Crippen LogP contribution in [0.4, 0.5) is 0 Å². The number of hydrogen-bond donors (Lipinski definition) is 2. The van der Waals surface area contributed by atoms with Gasteiger partial charge in [-0.15, -0.1) is 0 Å². The van der Waals surface area contributed by atoms with Crippen LogP contribution in [0.2, 0.25) is 0 Å². The van der Waals surface area contributed by atoms with E-state index in [1.54, 1.807) is 54.7 Å². The Morgan fingerprint density at radius 3 is 2.63 bits per heavy atom. The van der Waals surface area contributed by atoms with E-state index in [0.717, 1.165) is 5.56 Å². The van der Waals surface area contributed by atoms with Crippen LogP contribution in [-0.2, 0) is 16.1 Å². The Hall–Kier alpha value is -4.64. The Bertz CT molecular complexity index is 1420. The highest BCUT2D eigenvalue weighted by Crippen LogP contribution is 2.34. The standard InChI is InChI=1S/C27H21N3O5/c1-35-19-8-7-18-15-30(25(33)21(18)12-19)16-27(13-24(32)29-26(27)34)11-10-17-6-9-22(28-14-17)20-4-2-3-5-23(20)31/h2-9,12,14,31H,13,15-16H2,1H3,(H,29,32,34)/t27-/m1/s1. The summed E-state index contributed by atoms with van der Waals surface area (Å²) >= 11 is 0. The lowest BCUT2D eigenvalue weighted by molar-refractivity contribution is -0.127. The average Bonchev–Trinajstić information content (AvgIpc) is 3.32. The third-order valence-electron chi connectivity index (χ3n) is 6.20. The van der Waals surface area contributed by atoms with Crippen molar-refractivity contribution in [1.29, 1.82) is 0 Å². The lowest BCUT2D eigenvalue weighted by Gasteiger charge is -2.25. The summed E-state index contributed by atoms with van der Waals surface area (Å²) in [4.78, 5) is 43.9. The molecule has 0 spiro atoms. The van der Waals surface area contributed by atoms with E-state index in [-0.39, 0.29) is 24.6 Å². The number of rotatable bonds is 4. The number of phenols is 1. The molecule has 2 aliphatic rings. The number of nitrogens with zero attached hydrogens (tertiary/aromatic N) is 2. The minimum absolute atomic E-state index is 0.0171. The number of carbonyl (C=O) groups is 3. The zero-order chi connectivity index (χ0) is 24.6. The average molecular weight is 467 g/mol. The summed E-state index contributed by atoms with van der Waals surface area (Å²) in [7, 11) is 1.53. The van der Waals surface area contributed by atoms with Gasteiger partial charge in [0.25, 0.3) is 5.91 Å². The topological polar surface area (TPSA) is 109 Å². The Kier molecular flexibility index (Phi) is 5.46. The van der Waals surface area contributed by atoms with Gasteiger partial charge in [0.1, 0.15) is 16.9 Å². The van der Waals surface area contributed by atoms with Gasteiger partial charge in [-0.2, -0.15) is 0 Å². The van der Waals surface area contributed by atoms with Gasteiger partial charge < -0.3 is 14.7 Å². The largest absolute Gasteiger partial charge is 0.507 e. The van der Waals surface area contributed by atoms with Crippen LogP contribution in [0.25, 0.3) is 11.3 Å². The second kappa shape index (κ2) is 8.61. The molecule has 1 saturated heterocycles. The lowest BCUT2D eigenvalue weighted by atomic mass is 9.85. The fourth-order valence-electron chi connectivity index (χ4n) is 4.34. The third kappa shape index (κ3) is 4.08. The maximum atomic E-state index is 13.0. The normalized spacial score (nSPS) is 18.7. The summed E-state index contributed by atoms with van der Waals surface area (Å²) in [5.74, 6) is 5.43. The molecular weight excluding hydrogens is 446 g/mol. The van der Waals surface area contributed by atoms with Crippen molar-refractivity contribution < 1.29 is 24.2 Å². The van der Waals surface area contributed by atoms with Gasteiger partial charge in [-0.25, -0.2) is 0 Å². The van der Waals surface area contributed by atoms with Crippen LogP contribution >= 0.6 is 0 Å². The number of imide groups is 1. The molecule has 2 N–H and O–H groups in total. The van der Waals surface area contributed by atoms with Gasteiger partial charge in [-0.1, -0.05) is 30.0 Å². The van der Waals surface area contributed by atoms with E-state index in [1.807, 2.05) is 6.07 Å². The van der Waals surface area contributed by atoms with Crippen LogP contribution < -0.4 is 10.1 Å². The zero-order valence-corrected chi connectivity index (χ0v) is 18.9. The van der Waals surface area contributed by atoms with E-state index in [0.29, 0.717) is 34.7 Å². The molecule has 5 rings (SSSR count). The number of aromatic nitrogens is 1. The molecule has 0 bridgehead atoms. The molecular formula is C27H21N3O5. The second-order valence-electron chi connectivity index (χ2n) is 8.52. The highest BCUT2D eigenvalue weighted by molar-refractivity contribution is 6.08. The molecule has 0 saturated carbocycles. The predicted octanol–water partition coefficient (Wildman–Crippen LogP) is 2.50. The summed E-state index contributed by atoms with van der Waals surface area (Å²) in [5.41, 5.74) is 1.68. The Labute approximate surface area is 201 Å². The number of ether oxygens (including phenoxy) is 1. The molecule has 3 aromatic rings. The van der Waals surface area contributed by atoms with Gasteiger partial charge in [-0.05, 0) is 42.0 Å². The van der Waals surface area contributed by atoms with E-state index in [1.165, 1.54) is 12.0 Å². The molecule has 8 heteroatoms. The van der Waals surface area contributed by atoms with E-state index in [9.17, 15) is 19.5 Å². The fraction of sp³-hybridized carbons (Fsp3) is 0.185. The second-order valence-corrected chi connectivity index (χ2v) is 8.52. The molecule has 1 fully saturated rings. The molecule has 8 nitrogen and oxygen atoms in total. The summed E-state index contributed by atoms with van der Waals surface area (Å²) in [5, 5.41) is 12.4. The van der Waals surface area contributed by atoms with E-state index < -0.39 is 17.2 Å². The quantitative estimate of drug-likeness (QED) is 0.451. The minimum atomic E-state index is -1.37. The summed E-state index contributed by atoms with van der Waals surface area (Å²) in [6.07, 6.45) is 1.41. The minimum Gasteiger partial charge on any atom is -0.507 e. The molecule has 0 radical (unpaired) electrons. The molecule has 2 aliphatic heterocycles. The Morgan fingerprint density at radius 2 is 1.94 bits per heavy atom. The lowest BCUT2D eigenvalue weighted by Crippen LogP contribution is -2.42. The van der Waals surface area contributed by atoms with E-state index in [4.69, 9.17) is 4.74 Å². The zero-order valence-electron chi connectivity index (χ0n) is 18.9. The Balaban J connectivity index is 1.42. The number of aromatic hydroxyl groups is 1. The number of para-hydroxylation sites is 1. The van der Waals surface area contributed by atoms with Crippen molar-refractivity contribution in [3.63, 3.8) is 0 Å². The SMILES string of the molecule is COc1ccc2c(c1)C(=O)N(C[C@@]1(C#Cc3ccc(-c4ccccc4O)nc3)CC(=O)NC1=O)C2. The summed E-state index contributed by atoms with van der Waals surface area (Å²) in [6.45, 7) is 0.302. The molecule has 3 heterocycles. The van der Waals surface area contributed by atoms with Crippen molar-refractivity contribution in [2.45, 2.75) is 13.0 Å². The predicted molar refractivity (Wildman–Crippen MR) is 126 cm³/mol.